The molecule has 0 amide bonds. The number of thiazole rings is 1. The van der Waals surface area contributed by atoms with E-state index in [4.69, 9.17) is 0 Å². The Balaban J connectivity index is 1.59. The minimum Gasteiger partial charge on any atom is -0.373 e. The third-order valence-corrected chi connectivity index (χ3v) is 4.42. The van der Waals surface area contributed by atoms with E-state index in [-0.39, 0.29) is 0 Å². The van der Waals surface area contributed by atoms with E-state index >= 15 is 0 Å². The average molecular weight is 304 g/mol. The van der Waals surface area contributed by atoms with E-state index in [1.807, 2.05) is 31.6 Å². The minimum absolute atomic E-state index is 0.808. The Bertz CT molecular complexity index is 577. The molecule has 3 heterocycles. The Morgan fingerprint density at radius 1 is 1.24 bits per heavy atom. The number of hydrogen-bond acceptors (Lipinski definition) is 7. The smallest absolute Gasteiger partial charge is 0.185 e. The Hall–Kier alpha value is -1.73. The van der Waals surface area contributed by atoms with Gasteiger partial charge in [-0.05, 0) is 6.92 Å². The zero-order valence-electron chi connectivity index (χ0n) is 12.4. The van der Waals surface area contributed by atoms with E-state index < -0.39 is 0 Å². The number of nitrogens with one attached hydrogen (secondary N) is 1. The second-order valence-corrected chi connectivity index (χ2v) is 6.01. The molecule has 2 aromatic heterocycles. The van der Waals surface area contributed by atoms with Crippen molar-refractivity contribution in [2.24, 2.45) is 0 Å². The molecule has 0 aliphatic carbocycles. The summed E-state index contributed by atoms with van der Waals surface area (Å²) in [4.78, 5) is 18.2. The lowest BCUT2D eigenvalue weighted by Gasteiger charge is -2.34. The molecule has 6 nitrogen and oxygen atoms in total. The van der Waals surface area contributed by atoms with Crippen molar-refractivity contribution >= 4 is 22.3 Å². The fraction of sp³-hybridized carbons (Fsp3) is 0.500. The van der Waals surface area contributed by atoms with Crippen LogP contribution in [0.4, 0.5) is 10.9 Å². The molecule has 1 fully saturated rings. The second-order valence-electron chi connectivity index (χ2n) is 5.14. The maximum atomic E-state index is 4.53. The van der Waals surface area contributed by atoms with Crippen molar-refractivity contribution in [3.8, 4) is 0 Å². The first-order valence-electron chi connectivity index (χ1n) is 7.14. The summed E-state index contributed by atoms with van der Waals surface area (Å²) in [6.45, 7) is 6.88. The van der Waals surface area contributed by atoms with Crippen molar-refractivity contribution in [2.75, 3.05) is 43.4 Å². The van der Waals surface area contributed by atoms with E-state index in [1.54, 1.807) is 11.3 Å². The van der Waals surface area contributed by atoms with Crippen LogP contribution in [0.15, 0.2) is 17.6 Å². The predicted molar refractivity (Wildman–Crippen MR) is 85.9 cm³/mol. The van der Waals surface area contributed by atoms with Gasteiger partial charge in [0.2, 0.25) is 0 Å². The zero-order valence-corrected chi connectivity index (χ0v) is 13.2. The molecule has 21 heavy (non-hydrogen) atoms. The van der Waals surface area contributed by atoms with E-state index in [1.165, 1.54) is 0 Å². The first-order valence-corrected chi connectivity index (χ1v) is 8.01. The molecule has 0 atom stereocenters. The van der Waals surface area contributed by atoms with Crippen molar-refractivity contribution in [1.82, 2.24) is 19.9 Å². The quantitative estimate of drug-likeness (QED) is 0.926. The van der Waals surface area contributed by atoms with Crippen molar-refractivity contribution in [3.05, 3.63) is 29.2 Å². The molecule has 3 rings (SSSR count). The van der Waals surface area contributed by atoms with Crippen LogP contribution in [0.5, 0.6) is 0 Å². The summed E-state index contributed by atoms with van der Waals surface area (Å²) in [7, 11) is 1.89. The van der Waals surface area contributed by atoms with E-state index in [9.17, 15) is 0 Å². The maximum Gasteiger partial charge on any atom is 0.185 e. The molecule has 1 aliphatic heterocycles. The number of anilines is 2. The Labute approximate surface area is 128 Å². The highest BCUT2D eigenvalue weighted by Crippen LogP contribution is 2.19. The first-order chi connectivity index (χ1) is 10.2. The van der Waals surface area contributed by atoms with Crippen LogP contribution in [0, 0.1) is 6.92 Å². The number of hydrogen-bond donors (Lipinski definition) is 1. The first kappa shape index (κ1) is 14.2. The summed E-state index contributed by atoms with van der Waals surface area (Å²) < 4.78 is 0. The van der Waals surface area contributed by atoms with Gasteiger partial charge in [-0.3, -0.25) is 4.90 Å². The van der Waals surface area contributed by atoms with Crippen molar-refractivity contribution in [3.63, 3.8) is 0 Å². The van der Waals surface area contributed by atoms with E-state index in [0.29, 0.717) is 0 Å². The predicted octanol–water partition coefficient (Wildman–Crippen LogP) is 1.61. The van der Waals surface area contributed by atoms with Crippen LogP contribution in [-0.4, -0.2) is 53.1 Å². The molecule has 1 N–H and O–H groups in total. The molecule has 2 aromatic rings. The highest BCUT2D eigenvalue weighted by atomic mass is 32.1. The second kappa shape index (κ2) is 6.36. The van der Waals surface area contributed by atoms with Crippen molar-refractivity contribution in [1.29, 1.82) is 0 Å². The summed E-state index contributed by atoms with van der Waals surface area (Å²) in [5.41, 5.74) is 1.01. The minimum atomic E-state index is 0.808. The standard InChI is InChI=1S/C14H20N6S/c1-11-9-12(15-2)18-13(17-11)10-19-4-6-20(7-5-19)14-16-3-8-21-14/h3,8-9H,4-7,10H2,1-2H3,(H,15,17,18). The lowest BCUT2D eigenvalue weighted by Crippen LogP contribution is -2.46. The van der Waals surface area contributed by atoms with Gasteiger partial charge in [0, 0.05) is 56.6 Å². The molecule has 7 heteroatoms. The van der Waals surface area contributed by atoms with Gasteiger partial charge in [-0.1, -0.05) is 0 Å². The SMILES string of the molecule is CNc1cc(C)nc(CN2CCN(c3nccs3)CC2)n1. The van der Waals surface area contributed by atoms with Crippen LogP contribution >= 0.6 is 11.3 Å². The largest absolute Gasteiger partial charge is 0.373 e. The van der Waals surface area contributed by atoms with E-state index in [2.05, 4.69) is 30.1 Å². The highest BCUT2D eigenvalue weighted by molar-refractivity contribution is 7.13. The number of aromatic nitrogens is 3. The Morgan fingerprint density at radius 3 is 2.71 bits per heavy atom. The molecule has 112 valence electrons. The van der Waals surface area contributed by atoms with Crippen LogP contribution in [0.2, 0.25) is 0 Å². The topological polar surface area (TPSA) is 57.2 Å². The monoisotopic (exact) mass is 304 g/mol. The van der Waals surface area contributed by atoms with Gasteiger partial charge in [-0.15, -0.1) is 11.3 Å². The van der Waals surface area contributed by atoms with Gasteiger partial charge >= 0.3 is 0 Å². The fourth-order valence-corrected chi connectivity index (χ4v) is 3.19. The number of aryl methyl sites for hydroxylation is 1. The van der Waals surface area contributed by atoms with Crippen LogP contribution in [0.3, 0.4) is 0 Å². The summed E-state index contributed by atoms with van der Waals surface area (Å²) in [5.74, 6) is 1.78. The highest BCUT2D eigenvalue weighted by Gasteiger charge is 2.19. The van der Waals surface area contributed by atoms with Crippen LogP contribution in [0.1, 0.15) is 11.5 Å². The molecule has 0 unspecified atom stereocenters. The van der Waals surface area contributed by atoms with Gasteiger partial charge < -0.3 is 10.2 Å². The van der Waals surface area contributed by atoms with Gasteiger partial charge in [0.1, 0.15) is 11.6 Å². The lowest BCUT2D eigenvalue weighted by molar-refractivity contribution is 0.244. The number of nitrogens with zero attached hydrogens (tertiary/aromatic N) is 5. The molecule has 1 aliphatic rings. The number of piperazine rings is 1. The molecule has 0 bridgehead atoms. The Morgan fingerprint density at radius 2 is 2.05 bits per heavy atom. The number of rotatable bonds is 4. The molecule has 0 saturated carbocycles. The summed E-state index contributed by atoms with van der Waals surface area (Å²) >= 11 is 1.70. The fourth-order valence-electron chi connectivity index (χ4n) is 2.50. The zero-order chi connectivity index (χ0) is 14.7. The van der Waals surface area contributed by atoms with Crippen molar-refractivity contribution < 1.29 is 0 Å². The van der Waals surface area contributed by atoms with Crippen molar-refractivity contribution in [2.45, 2.75) is 13.5 Å². The van der Waals surface area contributed by atoms with Gasteiger partial charge in [-0.25, -0.2) is 15.0 Å². The molecule has 0 spiro atoms. The van der Waals surface area contributed by atoms with Crippen LogP contribution in [0.25, 0.3) is 0 Å². The van der Waals surface area contributed by atoms with Gasteiger partial charge in [0.05, 0.1) is 6.54 Å². The molecule has 0 aromatic carbocycles. The van der Waals surface area contributed by atoms with Crippen LogP contribution in [-0.2, 0) is 6.54 Å². The van der Waals surface area contributed by atoms with E-state index in [0.717, 1.165) is 55.2 Å². The summed E-state index contributed by atoms with van der Waals surface area (Å²) in [5, 5.41) is 6.24. The van der Waals surface area contributed by atoms with Gasteiger partial charge in [-0.2, -0.15) is 0 Å². The van der Waals surface area contributed by atoms with Gasteiger partial charge in [0.15, 0.2) is 5.13 Å². The third kappa shape index (κ3) is 3.48. The lowest BCUT2D eigenvalue weighted by atomic mass is 10.3. The Kier molecular flexibility index (Phi) is 4.31. The maximum absolute atomic E-state index is 4.53. The normalized spacial score (nSPS) is 16.2. The summed E-state index contributed by atoms with van der Waals surface area (Å²) in [6.07, 6.45) is 1.87. The average Bonchev–Trinajstić information content (AvgIpc) is 3.01. The molecule has 0 radical (unpaired) electrons. The third-order valence-electron chi connectivity index (χ3n) is 3.58. The molecular formula is C14H20N6S. The molecular weight excluding hydrogens is 284 g/mol. The molecule has 1 saturated heterocycles. The summed E-state index contributed by atoms with van der Waals surface area (Å²) in [6, 6.07) is 1.96. The van der Waals surface area contributed by atoms with Gasteiger partial charge in [0.25, 0.3) is 0 Å². The van der Waals surface area contributed by atoms with Crippen LogP contribution < -0.4 is 10.2 Å².